The highest BCUT2D eigenvalue weighted by atomic mass is 16.4. The summed E-state index contributed by atoms with van der Waals surface area (Å²) in [6, 6.07) is 0.143. The maximum absolute atomic E-state index is 11.7. The van der Waals surface area contributed by atoms with Gasteiger partial charge in [-0.05, 0) is 33.2 Å². The van der Waals surface area contributed by atoms with Gasteiger partial charge in [-0.2, -0.15) is 0 Å². The standard InChI is InChI=1S/C12H22N2O3/c1-9(2)13-11(15)8-14-6-4-3-5-10(14)7-12(16)17/h9-10H,3-8H2,1-2H3,(H,13,15)(H,16,17). The summed E-state index contributed by atoms with van der Waals surface area (Å²) in [4.78, 5) is 24.4. The zero-order valence-corrected chi connectivity index (χ0v) is 10.6. The van der Waals surface area contributed by atoms with E-state index in [1.807, 2.05) is 18.7 Å². The quantitative estimate of drug-likeness (QED) is 0.749. The summed E-state index contributed by atoms with van der Waals surface area (Å²) in [6.07, 6.45) is 3.11. The van der Waals surface area contributed by atoms with Gasteiger partial charge in [-0.1, -0.05) is 6.42 Å². The van der Waals surface area contributed by atoms with E-state index in [1.165, 1.54) is 0 Å². The van der Waals surface area contributed by atoms with Crippen LogP contribution in [0.2, 0.25) is 0 Å². The Labute approximate surface area is 102 Å². The van der Waals surface area contributed by atoms with Gasteiger partial charge in [0.25, 0.3) is 0 Å². The van der Waals surface area contributed by atoms with E-state index in [0.717, 1.165) is 25.8 Å². The molecule has 0 saturated carbocycles. The summed E-state index contributed by atoms with van der Waals surface area (Å²) >= 11 is 0. The summed E-state index contributed by atoms with van der Waals surface area (Å²) in [7, 11) is 0. The molecule has 17 heavy (non-hydrogen) atoms. The minimum absolute atomic E-state index is 0.0131. The van der Waals surface area contributed by atoms with Gasteiger partial charge < -0.3 is 10.4 Å². The molecule has 1 heterocycles. The van der Waals surface area contributed by atoms with Gasteiger partial charge in [-0.15, -0.1) is 0 Å². The van der Waals surface area contributed by atoms with E-state index in [9.17, 15) is 9.59 Å². The summed E-state index contributed by atoms with van der Waals surface area (Å²) in [6.45, 7) is 4.98. The highest BCUT2D eigenvalue weighted by molar-refractivity contribution is 5.78. The Bertz CT molecular complexity index is 279. The minimum Gasteiger partial charge on any atom is -0.481 e. The number of amides is 1. The molecule has 1 saturated heterocycles. The van der Waals surface area contributed by atoms with E-state index in [1.54, 1.807) is 0 Å². The normalized spacial score (nSPS) is 21.5. The number of piperidine rings is 1. The van der Waals surface area contributed by atoms with E-state index >= 15 is 0 Å². The minimum atomic E-state index is -0.786. The van der Waals surface area contributed by atoms with Crippen molar-refractivity contribution < 1.29 is 14.7 Å². The number of rotatable bonds is 5. The molecular weight excluding hydrogens is 220 g/mol. The fourth-order valence-corrected chi connectivity index (χ4v) is 2.25. The molecule has 0 spiro atoms. The van der Waals surface area contributed by atoms with Crippen LogP contribution in [0.4, 0.5) is 0 Å². The fraction of sp³-hybridized carbons (Fsp3) is 0.833. The summed E-state index contributed by atoms with van der Waals surface area (Å²) in [5.74, 6) is -0.802. The molecule has 1 fully saturated rings. The van der Waals surface area contributed by atoms with Gasteiger partial charge >= 0.3 is 5.97 Å². The smallest absolute Gasteiger partial charge is 0.304 e. The SMILES string of the molecule is CC(C)NC(=O)CN1CCCCC1CC(=O)O. The van der Waals surface area contributed by atoms with E-state index < -0.39 is 5.97 Å². The Hall–Kier alpha value is -1.10. The number of nitrogens with zero attached hydrogens (tertiary/aromatic N) is 1. The average molecular weight is 242 g/mol. The maximum atomic E-state index is 11.7. The molecule has 5 heteroatoms. The Morgan fingerprint density at radius 2 is 2.12 bits per heavy atom. The van der Waals surface area contributed by atoms with Crippen molar-refractivity contribution in [2.45, 2.75) is 51.6 Å². The topological polar surface area (TPSA) is 69.6 Å². The molecular formula is C12H22N2O3. The van der Waals surface area contributed by atoms with E-state index in [0.29, 0.717) is 6.54 Å². The van der Waals surface area contributed by atoms with Gasteiger partial charge in [-0.3, -0.25) is 14.5 Å². The van der Waals surface area contributed by atoms with Crippen molar-refractivity contribution in [1.29, 1.82) is 0 Å². The molecule has 1 unspecified atom stereocenters. The van der Waals surface area contributed by atoms with Crippen LogP contribution in [0, 0.1) is 0 Å². The Balaban J connectivity index is 2.47. The molecule has 1 atom stereocenters. The lowest BCUT2D eigenvalue weighted by Crippen LogP contribution is -2.47. The zero-order chi connectivity index (χ0) is 12.8. The Morgan fingerprint density at radius 1 is 1.41 bits per heavy atom. The summed E-state index contributed by atoms with van der Waals surface area (Å²) < 4.78 is 0. The zero-order valence-electron chi connectivity index (χ0n) is 10.6. The van der Waals surface area contributed by atoms with Crippen molar-refractivity contribution in [1.82, 2.24) is 10.2 Å². The van der Waals surface area contributed by atoms with Crippen molar-refractivity contribution in [2.24, 2.45) is 0 Å². The number of carbonyl (C=O) groups is 2. The van der Waals surface area contributed by atoms with Gasteiger partial charge in [0.2, 0.25) is 5.91 Å². The van der Waals surface area contributed by atoms with Crippen molar-refractivity contribution in [3.63, 3.8) is 0 Å². The first-order valence-electron chi connectivity index (χ1n) is 6.24. The number of carboxylic acid groups (broad SMARTS) is 1. The molecule has 1 aliphatic heterocycles. The first-order chi connectivity index (χ1) is 7.99. The van der Waals surface area contributed by atoms with Gasteiger partial charge in [0.1, 0.15) is 0 Å². The number of hydrogen-bond acceptors (Lipinski definition) is 3. The van der Waals surface area contributed by atoms with Crippen LogP contribution in [0.1, 0.15) is 39.5 Å². The second kappa shape index (κ2) is 6.59. The average Bonchev–Trinajstić information content (AvgIpc) is 2.18. The second-order valence-electron chi connectivity index (χ2n) is 4.94. The molecule has 0 aromatic carbocycles. The number of carbonyl (C=O) groups excluding carboxylic acids is 1. The van der Waals surface area contributed by atoms with Gasteiger partial charge in [0, 0.05) is 12.1 Å². The van der Waals surface area contributed by atoms with Gasteiger partial charge in [0.05, 0.1) is 13.0 Å². The van der Waals surface area contributed by atoms with Crippen molar-refractivity contribution in [3.8, 4) is 0 Å². The molecule has 0 aliphatic carbocycles. The number of carboxylic acids is 1. The molecule has 0 aromatic heterocycles. The van der Waals surface area contributed by atoms with Crippen LogP contribution in [-0.2, 0) is 9.59 Å². The molecule has 2 N–H and O–H groups in total. The summed E-state index contributed by atoms with van der Waals surface area (Å²) in [5.41, 5.74) is 0. The van der Waals surface area contributed by atoms with Crippen LogP contribution in [0.25, 0.3) is 0 Å². The van der Waals surface area contributed by atoms with Crippen LogP contribution in [0.5, 0.6) is 0 Å². The molecule has 5 nitrogen and oxygen atoms in total. The summed E-state index contributed by atoms with van der Waals surface area (Å²) in [5, 5.41) is 11.7. The molecule has 0 bridgehead atoms. The highest BCUT2D eigenvalue weighted by Crippen LogP contribution is 2.19. The van der Waals surface area contributed by atoms with Crippen LogP contribution >= 0.6 is 0 Å². The number of nitrogens with one attached hydrogen (secondary N) is 1. The lowest BCUT2D eigenvalue weighted by molar-refractivity contribution is -0.139. The van der Waals surface area contributed by atoms with Crippen molar-refractivity contribution >= 4 is 11.9 Å². The maximum Gasteiger partial charge on any atom is 0.304 e. The highest BCUT2D eigenvalue weighted by Gasteiger charge is 2.26. The Kier molecular flexibility index (Phi) is 5.41. The van der Waals surface area contributed by atoms with E-state index in [-0.39, 0.29) is 24.4 Å². The predicted molar refractivity (Wildman–Crippen MR) is 64.7 cm³/mol. The number of likely N-dealkylation sites (tertiary alicyclic amines) is 1. The van der Waals surface area contributed by atoms with Crippen LogP contribution in [0.3, 0.4) is 0 Å². The predicted octanol–water partition coefficient (Wildman–Crippen LogP) is 0.840. The van der Waals surface area contributed by atoms with E-state index in [4.69, 9.17) is 5.11 Å². The Morgan fingerprint density at radius 3 is 2.71 bits per heavy atom. The largest absolute Gasteiger partial charge is 0.481 e. The third-order valence-corrected chi connectivity index (χ3v) is 2.96. The van der Waals surface area contributed by atoms with Crippen LogP contribution in [-0.4, -0.2) is 47.1 Å². The van der Waals surface area contributed by atoms with Gasteiger partial charge in [-0.25, -0.2) is 0 Å². The molecule has 1 rings (SSSR count). The number of hydrogen-bond donors (Lipinski definition) is 2. The van der Waals surface area contributed by atoms with E-state index in [2.05, 4.69) is 5.32 Å². The monoisotopic (exact) mass is 242 g/mol. The van der Waals surface area contributed by atoms with Gasteiger partial charge in [0.15, 0.2) is 0 Å². The molecule has 0 aromatic rings. The van der Waals surface area contributed by atoms with Crippen LogP contribution < -0.4 is 5.32 Å². The lowest BCUT2D eigenvalue weighted by Gasteiger charge is -2.34. The first kappa shape index (κ1) is 14.0. The third kappa shape index (κ3) is 5.17. The molecule has 0 radical (unpaired) electrons. The molecule has 1 amide bonds. The van der Waals surface area contributed by atoms with Crippen molar-refractivity contribution in [2.75, 3.05) is 13.1 Å². The van der Waals surface area contributed by atoms with Crippen molar-refractivity contribution in [3.05, 3.63) is 0 Å². The number of aliphatic carboxylic acids is 1. The third-order valence-electron chi connectivity index (χ3n) is 2.96. The fourth-order valence-electron chi connectivity index (χ4n) is 2.25. The van der Waals surface area contributed by atoms with Crippen LogP contribution in [0.15, 0.2) is 0 Å². The molecule has 1 aliphatic rings. The second-order valence-corrected chi connectivity index (χ2v) is 4.94. The first-order valence-corrected chi connectivity index (χ1v) is 6.24. The molecule has 98 valence electrons. The lowest BCUT2D eigenvalue weighted by atomic mass is 9.99.